The lowest BCUT2D eigenvalue weighted by atomic mass is 9.96. The van der Waals surface area contributed by atoms with Crippen molar-refractivity contribution in [1.82, 2.24) is 20.2 Å². The summed E-state index contributed by atoms with van der Waals surface area (Å²) in [5.41, 5.74) is 1.35. The first-order chi connectivity index (χ1) is 21.1. The first-order valence-corrected chi connectivity index (χ1v) is 15.3. The molecule has 2 aliphatic heterocycles. The van der Waals surface area contributed by atoms with E-state index in [0.29, 0.717) is 53.4 Å². The lowest BCUT2D eigenvalue weighted by Crippen LogP contribution is -2.51. The predicted molar refractivity (Wildman–Crippen MR) is 168 cm³/mol. The molecule has 0 spiro atoms. The number of aromatic nitrogens is 2. The van der Waals surface area contributed by atoms with Gasteiger partial charge in [-0.2, -0.15) is 15.2 Å². The molecule has 0 bridgehead atoms. The Morgan fingerprint density at radius 2 is 1.88 bits per heavy atom. The molecule has 0 saturated carbocycles. The second-order valence-corrected chi connectivity index (χ2v) is 11.7. The molecule has 2 saturated heterocycles. The number of hydrogen-bond donors (Lipinski definition) is 1. The second-order valence-electron chi connectivity index (χ2n) is 11.3. The molecule has 224 valence electrons. The van der Waals surface area contributed by atoms with Gasteiger partial charge in [0.1, 0.15) is 17.4 Å². The van der Waals surface area contributed by atoms with Gasteiger partial charge in [0.05, 0.1) is 12.5 Å². The van der Waals surface area contributed by atoms with Crippen molar-refractivity contribution in [3.05, 3.63) is 59.4 Å². The van der Waals surface area contributed by atoms with Gasteiger partial charge in [-0.1, -0.05) is 48.0 Å². The highest BCUT2D eigenvalue weighted by Crippen LogP contribution is 2.39. The number of hydrogen-bond acceptors (Lipinski definition) is 8. The number of halogens is 2. The highest BCUT2D eigenvalue weighted by molar-refractivity contribution is 6.36. The van der Waals surface area contributed by atoms with E-state index in [4.69, 9.17) is 26.1 Å². The normalized spacial score (nSPS) is 18.3. The minimum Gasteiger partial charge on any atom is -0.460 e. The van der Waals surface area contributed by atoms with Crippen LogP contribution in [0.1, 0.15) is 25.7 Å². The summed E-state index contributed by atoms with van der Waals surface area (Å²) < 4.78 is 28.2. The number of benzene rings is 3. The van der Waals surface area contributed by atoms with Crippen LogP contribution in [0.5, 0.6) is 6.01 Å². The molecule has 1 N–H and O–H groups in total. The molecule has 0 unspecified atom stereocenters. The van der Waals surface area contributed by atoms with Crippen molar-refractivity contribution >= 4 is 39.1 Å². The SMILES string of the molecule is COCCCN1CCC(Oc2nc(N3CCN[C@@H](CC#N)C3)c3ccc(-c4cccc5cccc(Cl)c45)c(F)c3n2)CC1. The number of rotatable bonds is 9. The van der Waals surface area contributed by atoms with Crippen molar-refractivity contribution in [1.29, 1.82) is 5.26 Å². The van der Waals surface area contributed by atoms with E-state index in [1.807, 2.05) is 42.5 Å². The van der Waals surface area contributed by atoms with Crippen LogP contribution in [0, 0.1) is 17.1 Å². The molecular weight excluding hydrogens is 567 g/mol. The van der Waals surface area contributed by atoms with Crippen LogP contribution in [0.4, 0.5) is 10.2 Å². The third-order valence-corrected chi connectivity index (χ3v) is 8.75. The number of nitrogens with zero attached hydrogens (tertiary/aromatic N) is 5. The summed E-state index contributed by atoms with van der Waals surface area (Å²) in [4.78, 5) is 14.1. The smallest absolute Gasteiger partial charge is 0.319 e. The highest BCUT2D eigenvalue weighted by Gasteiger charge is 2.27. The third kappa shape index (κ3) is 6.38. The lowest BCUT2D eigenvalue weighted by molar-refractivity contribution is 0.0866. The van der Waals surface area contributed by atoms with Crippen molar-refractivity contribution in [2.45, 2.75) is 37.8 Å². The van der Waals surface area contributed by atoms with Gasteiger partial charge in [0.25, 0.3) is 0 Å². The fraction of sp³-hybridized carbons (Fsp3) is 0.424. The number of anilines is 1. The Hall–Kier alpha value is -3.55. The van der Waals surface area contributed by atoms with Gasteiger partial charge in [-0.25, -0.2) is 4.39 Å². The first kappa shape index (κ1) is 29.5. The van der Waals surface area contributed by atoms with Crippen LogP contribution in [-0.2, 0) is 4.74 Å². The molecule has 0 aliphatic carbocycles. The van der Waals surface area contributed by atoms with Crippen LogP contribution in [0.25, 0.3) is 32.8 Å². The Labute approximate surface area is 256 Å². The number of likely N-dealkylation sites (tertiary alicyclic amines) is 1. The maximum absolute atomic E-state index is 16.6. The quantitative estimate of drug-likeness (QED) is 0.240. The summed E-state index contributed by atoms with van der Waals surface area (Å²) >= 11 is 6.61. The molecule has 10 heteroatoms. The maximum Gasteiger partial charge on any atom is 0.319 e. The zero-order valence-electron chi connectivity index (χ0n) is 24.4. The van der Waals surface area contributed by atoms with E-state index in [2.05, 4.69) is 26.2 Å². The van der Waals surface area contributed by atoms with E-state index < -0.39 is 5.82 Å². The molecule has 1 aromatic heterocycles. The topological polar surface area (TPSA) is 86.5 Å². The number of ether oxygens (including phenoxy) is 2. The zero-order chi connectivity index (χ0) is 29.8. The highest BCUT2D eigenvalue weighted by atomic mass is 35.5. The number of piperidine rings is 1. The van der Waals surface area contributed by atoms with Crippen molar-refractivity contribution in [3.63, 3.8) is 0 Å². The number of piperazine rings is 1. The second kappa shape index (κ2) is 13.4. The van der Waals surface area contributed by atoms with Gasteiger partial charge in [-0.15, -0.1) is 0 Å². The van der Waals surface area contributed by atoms with Crippen molar-refractivity contribution in [2.75, 3.05) is 57.9 Å². The Balaban J connectivity index is 1.38. The molecule has 43 heavy (non-hydrogen) atoms. The fourth-order valence-electron chi connectivity index (χ4n) is 6.24. The van der Waals surface area contributed by atoms with Gasteiger partial charge >= 0.3 is 6.01 Å². The Kier molecular flexibility index (Phi) is 9.20. The molecule has 8 nitrogen and oxygen atoms in total. The zero-order valence-corrected chi connectivity index (χ0v) is 25.1. The fourth-order valence-corrected chi connectivity index (χ4v) is 6.53. The van der Waals surface area contributed by atoms with E-state index in [0.717, 1.165) is 56.3 Å². The van der Waals surface area contributed by atoms with Gasteiger partial charge in [0.2, 0.25) is 0 Å². The average Bonchev–Trinajstić information content (AvgIpc) is 3.02. The molecule has 1 atom stereocenters. The number of fused-ring (bicyclic) bond motifs is 2. The van der Waals surface area contributed by atoms with Gasteiger partial charge in [0.15, 0.2) is 5.82 Å². The van der Waals surface area contributed by atoms with Gasteiger partial charge in [0, 0.05) is 80.4 Å². The lowest BCUT2D eigenvalue weighted by Gasteiger charge is -2.34. The van der Waals surface area contributed by atoms with Crippen LogP contribution in [0.2, 0.25) is 5.02 Å². The molecule has 3 aromatic carbocycles. The van der Waals surface area contributed by atoms with Crippen molar-refractivity contribution < 1.29 is 13.9 Å². The van der Waals surface area contributed by atoms with E-state index >= 15 is 4.39 Å². The van der Waals surface area contributed by atoms with Crippen LogP contribution >= 0.6 is 11.6 Å². The first-order valence-electron chi connectivity index (χ1n) is 15.0. The van der Waals surface area contributed by atoms with Crippen LogP contribution in [0.3, 0.4) is 0 Å². The van der Waals surface area contributed by atoms with Gasteiger partial charge in [-0.3, -0.25) is 0 Å². The maximum atomic E-state index is 16.6. The predicted octanol–water partition coefficient (Wildman–Crippen LogP) is 5.81. The Morgan fingerprint density at radius 1 is 1.07 bits per heavy atom. The van der Waals surface area contributed by atoms with E-state index in [-0.39, 0.29) is 23.7 Å². The minimum atomic E-state index is -0.435. The van der Waals surface area contributed by atoms with Gasteiger partial charge in [-0.05, 0) is 42.3 Å². The third-order valence-electron chi connectivity index (χ3n) is 8.43. The minimum absolute atomic E-state index is 0.00230. The molecule has 0 amide bonds. The Bertz CT molecular complexity index is 1630. The summed E-state index contributed by atoms with van der Waals surface area (Å²) in [5.74, 6) is 0.193. The standard InChI is InChI=1S/C33H36ClFN6O2/c1-42-20-4-16-40-17-12-24(13-18-40)43-33-38-31-27(32(39-33)41-19-15-37-23(21-41)11-14-36)10-9-26(30(31)35)25-7-2-5-22-6-3-8-28(34)29(22)25/h2-3,5-10,23-24,37H,4,11-13,15-21H2,1H3/t23-/m0/s1. The molecule has 0 radical (unpaired) electrons. The average molecular weight is 603 g/mol. The largest absolute Gasteiger partial charge is 0.460 e. The summed E-state index contributed by atoms with van der Waals surface area (Å²) in [6.45, 7) is 5.55. The summed E-state index contributed by atoms with van der Waals surface area (Å²) in [5, 5.41) is 15.6. The molecular formula is C33H36ClFN6O2. The van der Waals surface area contributed by atoms with E-state index in [9.17, 15) is 5.26 Å². The molecule has 3 heterocycles. The Morgan fingerprint density at radius 3 is 2.67 bits per heavy atom. The summed E-state index contributed by atoms with van der Waals surface area (Å²) in [7, 11) is 1.73. The number of nitriles is 1. The molecule has 4 aromatic rings. The number of nitrogens with one attached hydrogen (secondary N) is 1. The van der Waals surface area contributed by atoms with Crippen LogP contribution in [-0.4, -0.2) is 80.0 Å². The van der Waals surface area contributed by atoms with E-state index in [1.54, 1.807) is 13.2 Å². The van der Waals surface area contributed by atoms with E-state index in [1.165, 1.54) is 0 Å². The van der Waals surface area contributed by atoms with Crippen molar-refractivity contribution in [2.24, 2.45) is 0 Å². The summed E-state index contributed by atoms with van der Waals surface area (Å²) in [6.07, 6.45) is 3.02. The number of methoxy groups -OCH3 is 1. The molecule has 2 aliphatic rings. The van der Waals surface area contributed by atoms with Crippen LogP contribution < -0.4 is 15.0 Å². The summed E-state index contributed by atoms with van der Waals surface area (Å²) in [6, 6.07) is 17.6. The monoisotopic (exact) mass is 602 g/mol. The molecule has 2 fully saturated rings. The van der Waals surface area contributed by atoms with Crippen LogP contribution in [0.15, 0.2) is 48.5 Å². The van der Waals surface area contributed by atoms with Gasteiger partial charge < -0.3 is 24.6 Å². The van der Waals surface area contributed by atoms with Crippen molar-refractivity contribution in [3.8, 4) is 23.2 Å². The molecule has 6 rings (SSSR count).